The second-order valence-corrected chi connectivity index (χ2v) is 8.06. The van der Waals surface area contributed by atoms with Crippen molar-refractivity contribution in [3.05, 3.63) is 65.6 Å². The van der Waals surface area contributed by atoms with Gasteiger partial charge in [-0.15, -0.1) is 10.2 Å². The Bertz CT molecular complexity index is 1020. The average Bonchev–Trinajstić information content (AvgIpc) is 3.19. The van der Waals surface area contributed by atoms with Crippen molar-refractivity contribution in [3.8, 4) is 0 Å². The Hall–Kier alpha value is -2.38. The Labute approximate surface area is 154 Å². The largest absolute Gasteiger partial charge is 0.330 e. The van der Waals surface area contributed by atoms with E-state index in [1.54, 1.807) is 23.1 Å². The molecule has 0 spiro atoms. The zero-order chi connectivity index (χ0) is 17.2. The van der Waals surface area contributed by atoms with E-state index in [0.717, 1.165) is 32.3 Å². The number of hydrogen-bond acceptors (Lipinski definition) is 6. The zero-order valence-electron chi connectivity index (χ0n) is 13.9. The van der Waals surface area contributed by atoms with Crippen molar-refractivity contribution in [2.75, 3.05) is 5.32 Å². The van der Waals surface area contributed by atoms with Crippen LogP contribution in [0.1, 0.15) is 16.8 Å². The lowest BCUT2D eigenvalue weighted by atomic mass is 10.2. The molecule has 1 aromatic carbocycles. The molecule has 3 aromatic heterocycles. The second kappa shape index (κ2) is 6.85. The van der Waals surface area contributed by atoms with Gasteiger partial charge in [-0.25, -0.2) is 4.98 Å². The summed E-state index contributed by atoms with van der Waals surface area (Å²) in [5, 5.41) is 12.6. The summed E-state index contributed by atoms with van der Waals surface area (Å²) in [5.74, 6) is 0.778. The Balaban J connectivity index is 1.42. The second-order valence-electron chi connectivity index (χ2n) is 5.86. The predicted molar refractivity (Wildman–Crippen MR) is 104 cm³/mol. The molecule has 0 bridgehead atoms. The lowest BCUT2D eigenvalue weighted by molar-refractivity contribution is 1.01. The highest BCUT2D eigenvalue weighted by atomic mass is 32.2. The van der Waals surface area contributed by atoms with Crippen LogP contribution in [0, 0.1) is 13.8 Å². The van der Waals surface area contributed by atoms with Crippen molar-refractivity contribution in [1.29, 1.82) is 0 Å². The van der Waals surface area contributed by atoms with Crippen LogP contribution in [-0.2, 0) is 5.75 Å². The summed E-state index contributed by atoms with van der Waals surface area (Å²) < 4.78 is 3.00. The van der Waals surface area contributed by atoms with Crippen LogP contribution in [0.2, 0.25) is 0 Å². The van der Waals surface area contributed by atoms with Gasteiger partial charge in [-0.3, -0.25) is 0 Å². The van der Waals surface area contributed by atoms with Crippen molar-refractivity contribution >= 4 is 39.6 Å². The maximum Gasteiger partial charge on any atom is 0.210 e. The first-order valence-corrected chi connectivity index (χ1v) is 9.70. The lowest BCUT2D eigenvalue weighted by Gasteiger charge is -2.01. The van der Waals surface area contributed by atoms with Gasteiger partial charge in [0.25, 0.3) is 0 Å². The van der Waals surface area contributed by atoms with E-state index in [9.17, 15) is 0 Å². The van der Waals surface area contributed by atoms with E-state index in [1.165, 1.54) is 11.1 Å². The minimum atomic E-state index is 0.778. The highest BCUT2D eigenvalue weighted by Crippen LogP contribution is 2.29. The third-order valence-electron chi connectivity index (χ3n) is 3.67. The van der Waals surface area contributed by atoms with Crippen LogP contribution < -0.4 is 5.32 Å². The number of anilines is 2. The Morgan fingerprint density at radius 2 is 2.00 bits per heavy atom. The van der Waals surface area contributed by atoms with Gasteiger partial charge in [-0.05, 0) is 43.2 Å². The van der Waals surface area contributed by atoms with Crippen LogP contribution in [0.4, 0.5) is 10.8 Å². The minimum absolute atomic E-state index is 0.778. The highest BCUT2D eigenvalue weighted by Gasteiger charge is 2.08. The number of thioether (sulfide) groups is 1. The molecule has 0 unspecified atom stereocenters. The summed E-state index contributed by atoms with van der Waals surface area (Å²) in [6.07, 6.45) is 4.16. The van der Waals surface area contributed by atoms with E-state index in [1.807, 2.05) is 18.2 Å². The monoisotopic (exact) mass is 367 g/mol. The average molecular weight is 368 g/mol. The fourth-order valence-corrected chi connectivity index (χ4v) is 4.18. The number of nitrogens with one attached hydrogen (secondary N) is 1. The van der Waals surface area contributed by atoms with Gasteiger partial charge in [0.2, 0.25) is 5.13 Å². The molecule has 0 fully saturated rings. The van der Waals surface area contributed by atoms with Crippen LogP contribution >= 0.6 is 23.1 Å². The third-order valence-corrected chi connectivity index (χ3v) is 5.67. The van der Waals surface area contributed by atoms with Gasteiger partial charge in [-0.1, -0.05) is 41.3 Å². The molecule has 0 atom stereocenters. The van der Waals surface area contributed by atoms with Crippen LogP contribution in [0.25, 0.3) is 5.65 Å². The SMILES string of the molecule is Cc1cccc(Nc2nnc(SCc3cn4cc(C)ccc4n3)s2)c1. The quantitative estimate of drug-likeness (QED) is 0.512. The maximum atomic E-state index is 4.64. The predicted octanol–water partition coefficient (Wildman–Crippen LogP) is 4.84. The molecule has 0 saturated heterocycles. The summed E-state index contributed by atoms with van der Waals surface area (Å²) in [6.45, 7) is 4.15. The van der Waals surface area contributed by atoms with E-state index in [2.05, 4.69) is 69.3 Å². The normalized spacial score (nSPS) is 11.1. The van der Waals surface area contributed by atoms with Gasteiger partial charge < -0.3 is 9.72 Å². The summed E-state index contributed by atoms with van der Waals surface area (Å²) in [7, 11) is 0. The molecule has 0 amide bonds. The number of pyridine rings is 1. The Morgan fingerprint density at radius 1 is 1.08 bits per heavy atom. The van der Waals surface area contributed by atoms with Crippen molar-refractivity contribution in [3.63, 3.8) is 0 Å². The Morgan fingerprint density at radius 3 is 2.88 bits per heavy atom. The maximum absolute atomic E-state index is 4.64. The van der Waals surface area contributed by atoms with Gasteiger partial charge in [-0.2, -0.15) is 0 Å². The van der Waals surface area contributed by atoms with E-state index < -0.39 is 0 Å². The summed E-state index contributed by atoms with van der Waals surface area (Å²) in [6, 6.07) is 12.3. The minimum Gasteiger partial charge on any atom is -0.330 e. The molecule has 4 aromatic rings. The molecule has 25 heavy (non-hydrogen) atoms. The molecule has 0 radical (unpaired) electrons. The number of nitrogens with zero attached hydrogens (tertiary/aromatic N) is 4. The molecule has 0 aliphatic rings. The van der Waals surface area contributed by atoms with Crippen LogP contribution in [0.3, 0.4) is 0 Å². The van der Waals surface area contributed by atoms with Gasteiger partial charge in [0.1, 0.15) is 5.65 Å². The van der Waals surface area contributed by atoms with Gasteiger partial charge in [0.05, 0.1) is 5.69 Å². The van der Waals surface area contributed by atoms with Crippen molar-refractivity contribution in [2.45, 2.75) is 23.9 Å². The molecule has 126 valence electrons. The standard InChI is InChI=1S/C18H17N5S2/c1-12-4-3-5-14(8-12)20-17-21-22-18(25-17)24-11-15-10-23-9-13(2)6-7-16(23)19-15/h3-10H,11H2,1-2H3,(H,20,21). The number of fused-ring (bicyclic) bond motifs is 1. The first-order chi connectivity index (χ1) is 12.2. The molecule has 0 aliphatic heterocycles. The molecule has 7 heteroatoms. The number of imidazole rings is 1. The molecule has 0 saturated carbocycles. The van der Waals surface area contributed by atoms with Gasteiger partial charge in [0, 0.05) is 23.8 Å². The van der Waals surface area contributed by atoms with Gasteiger partial charge in [0.15, 0.2) is 4.34 Å². The number of benzene rings is 1. The zero-order valence-corrected chi connectivity index (χ0v) is 15.6. The van der Waals surface area contributed by atoms with Crippen molar-refractivity contribution in [1.82, 2.24) is 19.6 Å². The highest BCUT2D eigenvalue weighted by molar-refractivity contribution is 8.00. The summed E-state index contributed by atoms with van der Waals surface area (Å²) >= 11 is 3.21. The fraction of sp³-hybridized carbons (Fsp3) is 0.167. The van der Waals surface area contributed by atoms with E-state index in [4.69, 9.17) is 0 Å². The smallest absolute Gasteiger partial charge is 0.210 e. The summed E-state index contributed by atoms with van der Waals surface area (Å²) in [4.78, 5) is 4.64. The molecule has 5 nitrogen and oxygen atoms in total. The van der Waals surface area contributed by atoms with E-state index in [0.29, 0.717) is 0 Å². The summed E-state index contributed by atoms with van der Waals surface area (Å²) in [5.41, 5.74) is 5.48. The van der Waals surface area contributed by atoms with Crippen LogP contribution in [0.5, 0.6) is 0 Å². The van der Waals surface area contributed by atoms with Crippen LogP contribution in [-0.4, -0.2) is 19.6 Å². The van der Waals surface area contributed by atoms with Crippen molar-refractivity contribution in [2.24, 2.45) is 0 Å². The molecule has 1 N–H and O–H groups in total. The number of aryl methyl sites for hydroxylation is 2. The molecule has 0 aliphatic carbocycles. The first-order valence-electron chi connectivity index (χ1n) is 7.90. The van der Waals surface area contributed by atoms with Crippen molar-refractivity contribution < 1.29 is 0 Å². The number of rotatable bonds is 5. The molecular weight excluding hydrogens is 350 g/mol. The molecular formula is C18H17N5S2. The Kier molecular flexibility index (Phi) is 4.42. The molecule has 4 rings (SSSR count). The lowest BCUT2D eigenvalue weighted by Crippen LogP contribution is -1.89. The first kappa shape index (κ1) is 16.1. The van der Waals surface area contributed by atoms with Crippen LogP contribution in [0.15, 0.2) is 53.1 Å². The third kappa shape index (κ3) is 3.83. The number of hydrogen-bond donors (Lipinski definition) is 1. The number of aromatic nitrogens is 4. The topological polar surface area (TPSA) is 55.1 Å². The van der Waals surface area contributed by atoms with E-state index >= 15 is 0 Å². The van der Waals surface area contributed by atoms with E-state index in [-0.39, 0.29) is 0 Å². The fourth-order valence-electron chi connectivity index (χ4n) is 2.53. The molecule has 3 heterocycles. The van der Waals surface area contributed by atoms with Gasteiger partial charge >= 0.3 is 0 Å².